The molecule has 0 aliphatic carbocycles. The van der Waals surface area contributed by atoms with Gasteiger partial charge in [-0.3, -0.25) is 4.79 Å². The van der Waals surface area contributed by atoms with Crippen LogP contribution < -0.4 is 10.6 Å². The SMILES string of the molecule is O=C(NCC1CCNCC1)c1ccc(F)cc1Br. The predicted octanol–water partition coefficient (Wildman–Crippen LogP) is 2.32. The van der Waals surface area contributed by atoms with E-state index in [0.717, 1.165) is 25.9 Å². The van der Waals surface area contributed by atoms with Crippen molar-refractivity contribution in [1.82, 2.24) is 10.6 Å². The zero-order valence-corrected chi connectivity index (χ0v) is 11.6. The maximum atomic E-state index is 12.9. The summed E-state index contributed by atoms with van der Waals surface area (Å²) in [4.78, 5) is 11.9. The van der Waals surface area contributed by atoms with Crippen molar-refractivity contribution in [2.45, 2.75) is 12.8 Å². The maximum Gasteiger partial charge on any atom is 0.252 e. The molecule has 0 bridgehead atoms. The molecule has 0 aromatic heterocycles. The number of hydrogen-bond acceptors (Lipinski definition) is 2. The molecule has 98 valence electrons. The van der Waals surface area contributed by atoms with Gasteiger partial charge in [-0.15, -0.1) is 0 Å². The van der Waals surface area contributed by atoms with Crippen LogP contribution in [0.1, 0.15) is 23.2 Å². The summed E-state index contributed by atoms with van der Waals surface area (Å²) in [5.74, 6) is 0.0339. The van der Waals surface area contributed by atoms with Gasteiger partial charge in [-0.1, -0.05) is 0 Å². The van der Waals surface area contributed by atoms with E-state index in [1.54, 1.807) is 0 Å². The van der Waals surface area contributed by atoms with E-state index in [9.17, 15) is 9.18 Å². The summed E-state index contributed by atoms with van der Waals surface area (Å²) in [6, 6.07) is 4.10. The number of rotatable bonds is 3. The van der Waals surface area contributed by atoms with Crippen LogP contribution >= 0.6 is 15.9 Å². The maximum absolute atomic E-state index is 12.9. The number of piperidine rings is 1. The second-order valence-corrected chi connectivity index (χ2v) is 5.38. The Bertz CT molecular complexity index is 433. The zero-order valence-electron chi connectivity index (χ0n) is 10.0. The standard InChI is InChI=1S/C13H16BrFN2O/c14-12-7-10(15)1-2-11(12)13(18)17-8-9-3-5-16-6-4-9/h1-2,7,9,16H,3-6,8H2,(H,17,18). The summed E-state index contributed by atoms with van der Waals surface area (Å²) >= 11 is 3.20. The van der Waals surface area contributed by atoms with E-state index >= 15 is 0 Å². The first-order valence-corrected chi connectivity index (χ1v) is 6.90. The van der Waals surface area contributed by atoms with Crippen molar-refractivity contribution in [2.75, 3.05) is 19.6 Å². The molecule has 1 fully saturated rings. The molecule has 1 aliphatic heterocycles. The molecular formula is C13H16BrFN2O. The highest BCUT2D eigenvalue weighted by molar-refractivity contribution is 9.10. The van der Waals surface area contributed by atoms with Crippen molar-refractivity contribution in [3.05, 3.63) is 34.1 Å². The van der Waals surface area contributed by atoms with Crippen LogP contribution in [0.5, 0.6) is 0 Å². The summed E-state index contributed by atoms with van der Waals surface area (Å²) in [6.45, 7) is 2.71. The van der Waals surface area contributed by atoms with Crippen molar-refractivity contribution >= 4 is 21.8 Å². The lowest BCUT2D eigenvalue weighted by atomic mass is 9.98. The lowest BCUT2D eigenvalue weighted by molar-refractivity contribution is 0.0943. The lowest BCUT2D eigenvalue weighted by Crippen LogP contribution is -2.36. The molecule has 1 aromatic rings. The second kappa shape index (κ2) is 6.29. The van der Waals surface area contributed by atoms with Crippen molar-refractivity contribution in [2.24, 2.45) is 5.92 Å². The number of amides is 1. The molecule has 1 heterocycles. The first-order chi connectivity index (χ1) is 8.66. The Hall–Kier alpha value is -0.940. The van der Waals surface area contributed by atoms with Gasteiger partial charge in [0.1, 0.15) is 5.82 Å². The zero-order chi connectivity index (χ0) is 13.0. The number of hydrogen-bond donors (Lipinski definition) is 2. The average molecular weight is 315 g/mol. The largest absolute Gasteiger partial charge is 0.352 e. The minimum Gasteiger partial charge on any atom is -0.352 e. The Kier molecular flexibility index (Phi) is 4.72. The van der Waals surface area contributed by atoms with Gasteiger partial charge in [0, 0.05) is 11.0 Å². The number of carbonyl (C=O) groups excluding carboxylic acids is 1. The molecule has 0 unspecified atom stereocenters. The predicted molar refractivity (Wildman–Crippen MR) is 72.0 cm³/mol. The molecule has 1 amide bonds. The van der Waals surface area contributed by atoms with E-state index in [-0.39, 0.29) is 11.7 Å². The minimum absolute atomic E-state index is 0.152. The molecule has 18 heavy (non-hydrogen) atoms. The first-order valence-electron chi connectivity index (χ1n) is 6.11. The molecule has 0 saturated carbocycles. The van der Waals surface area contributed by atoms with Gasteiger partial charge in [-0.25, -0.2) is 4.39 Å². The van der Waals surface area contributed by atoms with Gasteiger partial charge in [0.2, 0.25) is 0 Å². The Labute approximate surface area is 114 Å². The molecule has 0 radical (unpaired) electrons. The van der Waals surface area contributed by atoms with Gasteiger partial charge in [0.15, 0.2) is 0 Å². The van der Waals surface area contributed by atoms with Gasteiger partial charge in [0.25, 0.3) is 5.91 Å². The van der Waals surface area contributed by atoms with Gasteiger partial charge in [-0.2, -0.15) is 0 Å². The molecule has 2 rings (SSSR count). The Balaban J connectivity index is 1.90. The highest BCUT2D eigenvalue weighted by Crippen LogP contribution is 2.18. The summed E-state index contributed by atoms with van der Waals surface area (Å²) in [5.41, 5.74) is 0.477. The van der Waals surface area contributed by atoms with Crippen molar-refractivity contribution < 1.29 is 9.18 Å². The molecule has 0 spiro atoms. The normalized spacial score (nSPS) is 16.6. The number of halogens is 2. The van der Waals surface area contributed by atoms with E-state index in [1.165, 1.54) is 18.2 Å². The first kappa shape index (κ1) is 13.5. The lowest BCUT2D eigenvalue weighted by Gasteiger charge is -2.22. The Morgan fingerprint density at radius 1 is 1.44 bits per heavy atom. The molecular weight excluding hydrogens is 299 g/mol. The van der Waals surface area contributed by atoms with Crippen LogP contribution in [-0.2, 0) is 0 Å². The van der Waals surface area contributed by atoms with Gasteiger partial charge in [0.05, 0.1) is 5.56 Å². The second-order valence-electron chi connectivity index (χ2n) is 4.53. The Morgan fingerprint density at radius 3 is 2.83 bits per heavy atom. The summed E-state index contributed by atoms with van der Waals surface area (Å²) in [5, 5.41) is 6.20. The molecule has 1 aromatic carbocycles. The summed E-state index contributed by atoms with van der Waals surface area (Å²) in [7, 11) is 0. The molecule has 1 aliphatic rings. The fraction of sp³-hybridized carbons (Fsp3) is 0.462. The van der Waals surface area contributed by atoms with Crippen LogP contribution in [-0.4, -0.2) is 25.5 Å². The third kappa shape index (κ3) is 3.53. The molecule has 2 N–H and O–H groups in total. The van der Waals surface area contributed by atoms with Crippen LogP contribution in [0.4, 0.5) is 4.39 Å². The average Bonchev–Trinajstić information content (AvgIpc) is 2.37. The van der Waals surface area contributed by atoms with Gasteiger partial charge >= 0.3 is 0 Å². The number of carbonyl (C=O) groups is 1. The summed E-state index contributed by atoms with van der Waals surface area (Å²) < 4.78 is 13.4. The smallest absolute Gasteiger partial charge is 0.252 e. The van der Waals surface area contributed by atoms with E-state index in [1.807, 2.05) is 0 Å². The van der Waals surface area contributed by atoms with E-state index < -0.39 is 0 Å². The fourth-order valence-electron chi connectivity index (χ4n) is 2.09. The molecule has 1 saturated heterocycles. The monoisotopic (exact) mass is 314 g/mol. The van der Waals surface area contributed by atoms with Crippen molar-refractivity contribution in [1.29, 1.82) is 0 Å². The van der Waals surface area contributed by atoms with Crippen molar-refractivity contribution in [3.63, 3.8) is 0 Å². The highest BCUT2D eigenvalue weighted by Gasteiger charge is 2.15. The van der Waals surface area contributed by atoms with Crippen LogP contribution in [0.15, 0.2) is 22.7 Å². The van der Waals surface area contributed by atoms with Crippen LogP contribution in [0.2, 0.25) is 0 Å². The topological polar surface area (TPSA) is 41.1 Å². The van der Waals surface area contributed by atoms with Crippen LogP contribution in [0.3, 0.4) is 0 Å². The van der Waals surface area contributed by atoms with Crippen LogP contribution in [0, 0.1) is 11.7 Å². The van der Waals surface area contributed by atoms with E-state index in [2.05, 4.69) is 26.6 Å². The molecule has 5 heteroatoms. The quantitative estimate of drug-likeness (QED) is 0.899. The van der Waals surface area contributed by atoms with E-state index in [4.69, 9.17) is 0 Å². The summed E-state index contributed by atoms with van der Waals surface area (Å²) in [6.07, 6.45) is 2.18. The van der Waals surface area contributed by atoms with E-state index in [0.29, 0.717) is 22.5 Å². The Morgan fingerprint density at radius 2 is 2.17 bits per heavy atom. The van der Waals surface area contributed by atoms with Gasteiger partial charge in [-0.05, 0) is 66.0 Å². The fourth-order valence-corrected chi connectivity index (χ4v) is 2.62. The van der Waals surface area contributed by atoms with Crippen molar-refractivity contribution in [3.8, 4) is 0 Å². The van der Waals surface area contributed by atoms with Crippen LogP contribution in [0.25, 0.3) is 0 Å². The third-order valence-electron chi connectivity index (χ3n) is 3.19. The molecule has 0 atom stereocenters. The number of benzene rings is 1. The minimum atomic E-state index is -0.350. The molecule has 3 nitrogen and oxygen atoms in total. The third-order valence-corrected chi connectivity index (χ3v) is 3.84. The number of nitrogens with one attached hydrogen (secondary N) is 2. The highest BCUT2D eigenvalue weighted by atomic mass is 79.9. The van der Waals surface area contributed by atoms with Gasteiger partial charge < -0.3 is 10.6 Å².